The molecule has 0 aromatic heterocycles. The number of hydrogen-bond donors (Lipinski definition) is 3. The van der Waals surface area contributed by atoms with Gasteiger partial charge in [0, 0.05) is 27.8 Å². The van der Waals surface area contributed by atoms with Crippen LogP contribution in [0.25, 0.3) is 0 Å². The van der Waals surface area contributed by atoms with Gasteiger partial charge in [0.05, 0.1) is 12.5 Å². The fraction of sp³-hybridized carbons (Fsp3) is 0.500. The van der Waals surface area contributed by atoms with Gasteiger partial charge in [0.25, 0.3) is 0 Å². The predicted octanol–water partition coefficient (Wildman–Crippen LogP) is 2.72. The fourth-order valence-electron chi connectivity index (χ4n) is 3.30. The van der Waals surface area contributed by atoms with Gasteiger partial charge in [0.1, 0.15) is 0 Å². The zero-order valence-electron chi connectivity index (χ0n) is 12.6. The van der Waals surface area contributed by atoms with Crippen LogP contribution in [0.4, 0.5) is 5.69 Å². The number of amides is 2. The molecule has 0 bridgehead atoms. The second-order valence-electron chi connectivity index (χ2n) is 6.14. The number of halogens is 2. The monoisotopic (exact) mass is 355 g/mol. The molecule has 1 heterocycles. The lowest BCUT2D eigenvalue weighted by Crippen LogP contribution is -2.65. The molecule has 0 radical (unpaired) electrons. The molecule has 3 rings (SSSR count). The van der Waals surface area contributed by atoms with Crippen LogP contribution in [0.3, 0.4) is 0 Å². The molecule has 1 aromatic carbocycles. The van der Waals surface area contributed by atoms with Crippen molar-refractivity contribution in [2.45, 2.75) is 50.2 Å². The first-order valence-electron chi connectivity index (χ1n) is 7.83. The number of hydrogen-bond acceptors (Lipinski definition) is 3. The summed E-state index contributed by atoms with van der Waals surface area (Å²) in [5, 5.41) is 9.99. The topological polar surface area (TPSA) is 70.2 Å². The minimum absolute atomic E-state index is 0.0825. The Morgan fingerprint density at radius 1 is 1.13 bits per heavy atom. The Morgan fingerprint density at radius 3 is 2.48 bits per heavy atom. The van der Waals surface area contributed by atoms with Gasteiger partial charge >= 0.3 is 0 Å². The summed E-state index contributed by atoms with van der Waals surface area (Å²) in [6.45, 7) is 0. The Kier molecular flexibility index (Phi) is 5.09. The summed E-state index contributed by atoms with van der Waals surface area (Å²) in [4.78, 5) is 24.3. The Morgan fingerprint density at radius 2 is 1.78 bits per heavy atom. The maximum atomic E-state index is 12.2. The molecule has 3 N–H and O–H groups in total. The van der Waals surface area contributed by atoms with E-state index in [1.165, 1.54) is 0 Å². The molecule has 1 aromatic rings. The number of nitrogens with one attached hydrogen (secondary N) is 3. The quantitative estimate of drug-likeness (QED) is 0.780. The minimum Gasteiger partial charge on any atom is -0.350 e. The van der Waals surface area contributed by atoms with Gasteiger partial charge < -0.3 is 16.0 Å². The fourth-order valence-corrected chi connectivity index (χ4v) is 3.82. The van der Waals surface area contributed by atoms with E-state index >= 15 is 0 Å². The van der Waals surface area contributed by atoms with E-state index in [1.54, 1.807) is 18.2 Å². The number of fused-ring (bicyclic) bond motifs is 1. The Bertz CT molecular complexity index is 603. The maximum Gasteiger partial charge on any atom is 0.237 e. The maximum absolute atomic E-state index is 12.2. The summed E-state index contributed by atoms with van der Waals surface area (Å²) < 4.78 is 0. The van der Waals surface area contributed by atoms with Crippen molar-refractivity contribution in [2.24, 2.45) is 0 Å². The van der Waals surface area contributed by atoms with Gasteiger partial charge in [0.15, 0.2) is 0 Å². The number of piperazine rings is 1. The Hall–Kier alpha value is -1.30. The van der Waals surface area contributed by atoms with Crippen molar-refractivity contribution in [2.75, 3.05) is 5.32 Å². The van der Waals surface area contributed by atoms with Gasteiger partial charge in [-0.25, -0.2) is 0 Å². The molecule has 1 saturated carbocycles. The predicted molar refractivity (Wildman–Crippen MR) is 90.8 cm³/mol. The van der Waals surface area contributed by atoms with Gasteiger partial charge in [-0.15, -0.1) is 0 Å². The van der Waals surface area contributed by atoms with Gasteiger partial charge in [-0.05, 0) is 31.0 Å². The van der Waals surface area contributed by atoms with E-state index in [1.807, 2.05) is 0 Å². The molecule has 2 amide bonds. The molecule has 23 heavy (non-hydrogen) atoms. The third-order valence-electron chi connectivity index (χ3n) is 4.36. The van der Waals surface area contributed by atoms with Crippen LogP contribution in [0.2, 0.25) is 10.0 Å². The standard InChI is InChI=1S/C16H19Cl2N3O2/c17-9-5-10(18)7-11(6-9)19-15(22)8-14-16(23)21-13-4-2-1-3-12(13)20-14/h5-7,12-14,20H,1-4,8H2,(H,19,22)(H,21,23)/t12-,13+,14-/m1/s1. The van der Waals surface area contributed by atoms with Crippen molar-refractivity contribution >= 4 is 40.7 Å². The SMILES string of the molecule is O=C(C[C@H]1N[C@@H]2CCCC[C@@H]2NC1=O)Nc1cc(Cl)cc(Cl)c1. The van der Waals surface area contributed by atoms with Gasteiger partial charge in [-0.2, -0.15) is 0 Å². The van der Waals surface area contributed by atoms with Crippen molar-refractivity contribution in [1.29, 1.82) is 0 Å². The molecule has 1 aliphatic heterocycles. The van der Waals surface area contributed by atoms with Crippen LogP contribution >= 0.6 is 23.2 Å². The second-order valence-corrected chi connectivity index (χ2v) is 7.01. The first kappa shape index (κ1) is 16.6. The van der Waals surface area contributed by atoms with Crippen LogP contribution in [0.1, 0.15) is 32.1 Å². The molecule has 5 nitrogen and oxygen atoms in total. The van der Waals surface area contributed by atoms with Crippen molar-refractivity contribution < 1.29 is 9.59 Å². The zero-order valence-corrected chi connectivity index (χ0v) is 14.1. The highest BCUT2D eigenvalue weighted by Gasteiger charge is 2.36. The van der Waals surface area contributed by atoms with Crippen LogP contribution in [0, 0.1) is 0 Å². The van der Waals surface area contributed by atoms with Crippen LogP contribution in [0.5, 0.6) is 0 Å². The molecule has 2 fully saturated rings. The molecule has 1 aliphatic carbocycles. The zero-order chi connectivity index (χ0) is 16.4. The van der Waals surface area contributed by atoms with E-state index < -0.39 is 6.04 Å². The summed E-state index contributed by atoms with van der Waals surface area (Å²) >= 11 is 11.8. The molecular weight excluding hydrogens is 337 g/mol. The highest BCUT2D eigenvalue weighted by Crippen LogP contribution is 2.24. The van der Waals surface area contributed by atoms with Crippen molar-refractivity contribution in [1.82, 2.24) is 10.6 Å². The highest BCUT2D eigenvalue weighted by atomic mass is 35.5. The summed E-state index contributed by atoms with van der Waals surface area (Å²) in [6.07, 6.45) is 4.42. The van der Waals surface area contributed by atoms with Gasteiger partial charge in [-0.1, -0.05) is 36.0 Å². The van der Waals surface area contributed by atoms with Crippen LogP contribution in [-0.4, -0.2) is 29.9 Å². The lowest BCUT2D eigenvalue weighted by molar-refractivity contribution is -0.129. The molecule has 124 valence electrons. The van der Waals surface area contributed by atoms with E-state index in [0.717, 1.165) is 25.7 Å². The number of carbonyl (C=O) groups excluding carboxylic acids is 2. The van der Waals surface area contributed by atoms with Crippen molar-refractivity contribution in [3.63, 3.8) is 0 Å². The molecule has 0 unspecified atom stereocenters. The summed E-state index contributed by atoms with van der Waals surface area (Å²) in [6, 6.07) is 4.80. The molecule has 1 saturated heterocycles. The molecule has 0 spiro atoms. The third kappa shape index (κ3) is 4.16. The van der Waals surface area contributed by atoms with E-state index in [9.17, 15) is 9.59 Å². The third-order valence-corrected chi connectivity index (χ3v) is 4.80. The van der Waals surface area contributed by atoms with Crippen LogP contribution in [0.15, 0.2) is 18.2 Å². The summed E-state index contributed by atoms with van der Waals surface area (Å²) in [5.41, 5.74) is 0.527. The number of anilines is 1. The molecule has 2 aliphatic rings. The summed E-state index contributed by atoms with van der Waals surface area (Å²) in [5.74, 6) is -0.349. The first-order valence-corrected chi connectivity index (χ1v) is 8.59. The minimum atomic E-state index is -0.496. The van der Waals surface area contributed by atoms with Crippen LogP contribution < -0.4 is 16.0 Å². The lowest BCUT2D eigenvalue weighted by atomic mass is 9.87. The van der Waals surface area contributed by atoms with E-state index in [4.69, 9.17) is 23.2 Å². The molecule has 3 atom stereocenters. The number of carbonyl (C=O) groups is 2. The number of rotatable bonds is 3. The summed E-state index contributed by atoms with van der Waals surface area (Å²) in [7, 11) is 0. The van der Waals surface area contributed by atoms with E-state index in [0.29, 0.717) is 15.7 Å². The second kappa shape index (κ2) is 7.07. The van der Waals surface area contributed by atoms with E-state index in [2.05, 4.69) is 16.0 Å². The van der Waals surface area contributed by atoms with E-state index in [-0.39, 0.29) is 30.3 Å². The van der Waals surface area contributed by atoms with Crippen molar-refractivity contribution in [3.8, 4) is 0 Å². The largest absolute Gasteiger partial charge is 0.350 e. The van der Waals surface area contributed by atoms with Gasteiger partial charge in [-0.3, -0.25) is 9.59 Å². The average molecular weight is 356 g/mol. The Labute approximate surface area is 145 Å². The number of benzene rings is 1. The van der Waals surface area contributed by atoms with Gasteiger partial charge in [0.2, 0.25) is 11.8 Å². The van der Waals surface area contributed by atoms with Crippen LogP contribution in [-0.2, 0) is 9.59 Å². The van der Waals surface area contributed by atoms with Crippen molar-refractivity contribution in [3.05, 3.63) is 28.2 Å². The molecular formula is C16H19Cl2N3O2. The smallest absolute Gasteiger partial charge is 0.237 e. The Balaban J connectivity index is 1.59. The normalized spacial score (nSPS) is 27.0. The average Bonchev–Trinajstić information content (AvgIpc) is 2.46. The molecule has 7 heteroatoms. The highest BCUT2D eigenvalue weighted by molar-refractivity contribution is 6.35. The lowest BCUT2D eigenvalue weighted by Gasteiger charge is -2.40. The first-order chi connectivity index (χ1) is 11.0.